The number of rotatable bonds is 2. The van der Waals surface area contributed by atoms with Crippen molar-refractivity contribution in [3.63, 3.8) is 0 Å². The van der Waals surface area contributed by atoms with Crippen LogP contribution in [0.4, 0.5) is 0 Å². The molecule has 0 fully saturated rings. The minimum absolute atomic E-state index is 0.837. The van der Waals surface area contributed by atoms with E-state index in [0.29, 0.717) is 0 Å². The second-order valence-corrected chi connectivity index (χ2v) is 2.55. The van der Waals surface area contributed by atoms with Gasteiger partial charge in [-0.1, -0.05) is 5.21 Å². The molecule has 0 N–H and O–H groups in total. The van der Waals surface area contributed by atoms with E-state index in [-0.39, 0.29) is 0 Å². The first-order valence-electron chi connectivity index (χ1n) is 3.91. The molecule has 0 aliphatic rings. The molecule has 66 valence electrons. The molecular formula is C9H9N3O. The zero-order valence-electron chi connectivity index (χ0n) is 7.21. The molecule has 1 aromatic carbocycles. The lowest BCUT2D eigenvalue weighted by molar-refractivity contribution is 0.414. The molecule has 2 rings (SSSR count). The summed E-state index contributed by atoms with van der Waals surface area (Å²) in [6.45, 7) is 0. The van der Waals surface area contributed by atoms with E-state index in [9.17, 15) is 0 Å². The van der Waals surface area contributed by atoms with Gasteiger partial charge in [-0.05, 0) is 24.3 Å². The van der Waals surface area contributed by atoms with Crippen molar-refractivity contribution in [2.24, 2.45) is 0 Å². The van der Waals surface area contributed by atoms with E-state index in [1.54, 1.807) is 24.2 Å². The summed E-state index contributed by atoms with van der Waals surface area (Å²) in [5.74, 6) is 0.837. The van der Waals surface area contributed by atoms with Crippen molar-refractivity contribution in [2.75, 3.05) is 7.11 Å². The predicted octanol–water partition coefficient (Wildman–Crippen LogP) is 1.28. The number of hydrogen-bond acceptors (Lipinski definition) is 3. The molecule has 0 saturated carbocycles. The average Bonchev–Trinajstić information content (AvgIpc) is 2.71. The van der Waals surface area contributed by atoms with Crippen molar-refractivity contribution < 1.29 is 4.74 Å². The van der Waals surface area contributed by atoms with Crippen molar-refractivity contribution >= 4 is 0 Å². The Labute approximate surface area is 75.8 Å². The third-order valence-electron chi connectivity index (χ3n) is 1.76. The van der Waals surface area contributed by atoms with Gasteiger partial charge >= 0.3 is 0 Å². The van der Waals surface area contributed by atoms with Gasteiger partial charge in [0.2, 0.25) is 0 Å². The van der Waals surface area contributed by atoms with Gasteiger partial charge in [0.25, 0.3) is 0 Å². The van der Waals surface area contributed by atoms with E-state index in [4.69, 9.17) is 4.74 Å². The minimum Gasteiger partial charge on any atom is -0.497 e. The summed E-state index contributed by atoms with van der Waals surface area (Å²) in [5.41, 5.74) is 0.971. The van der Waals surface area contributed by atoms with Crippen LogP contribution in [0.2, 0.25) is 0 Å². The summed E-state index contributed by atoms with van der Waals surface area (Å²) in [4.78, 5) is 0. The highest BCUT2D eigenvalue weighted by Gasteiger charge is 1.96. The first-order valence-corrected chi connectivity index (χ1v) is 3.91. The molecule has 4 heteroatoms. The largest absolute Gasteiger partial charge is 0.497 e. The molecule has 1 heterocycles. The van der Waals surface area contributed by atoms with Crippen LogP contribution in [0, 0.1) is 0 Å². The predicted molar refractivity (Wildman–Crippen MR) is 47.9 cm³/mol. The number of nitrogens with zero attached hydrogens (tertiary/aromatic N) is 3. The maximum Gasteiger partial charge on any atom is 0.119 e. The first-order chi connectivity index (χ1) is 6.40. The molecule has 0 radical (unpaired) electrons. The fourth-order valence-electron chi connectivity index (χ4n) is 1.08. The second kappa shape index (κ2) is 3.26. The molecule has 0 amide bonds. The molecule has 4 nitrogen and oxygen atoms in total. The molecule has 0 aliphatic carbocycles. The molecule has 0 unspecified atom stereocenters. The van der Waals surface area contributed by atoms with Gasteiger partial charge in [0, 0.05) is 0 Å². The second-order valence-electron chi connectivity index (χ2n) is 2.55. The lowest BCUT2D eigenvalue weighted by atomic mass is 10.3. The highest BCUT2D eigenvalue weighted by Crippen LogP contribution is 2.13. The summed E-state index contributed by atoms with van der Waals surface area (Å²) < 4.78 is 6.74. The Hall–Kier alpha value is -1.84. The number of ether oxygens (including phenoxy) is 1. The number of methoxy groups -OCH3 is 1. The Kier molecular flexibility index (Phi) is 1.96. The Morgan fingerprint density at radius 2 is 2.00 bits per heavy atom. The van der Waals surface area contributed by atoms with E-state index in [1.165, 1.54) is 0 Å². The normalized spacial score (nSPS) is 9.92. The quantitative estimate of drug-likeness (QED) is 0.690. The van der Waals surface area contributed by atoms with Crippen LogP contribution in [0.25, 0.3) is 5.69 Å². The maximum atomic E-state index is 5.04. The number of aromatic nitrogens is 3. The van der Waals surface area contributed by atoms with Crippen LogP contribution in [0.3, 0.4) is 0 Å². The SMILES string of the molecule is COc1ccc(-n2ccnn2)cc1. The van der Waals surface area contributed by atoms with Crippen LogP contribution in [-0.4, -0.2) is 22.1 Å². The zero-order chi connectivity index (χ0) is 9.10. The first kappa shape index (κ1) is 7.79. The summed E-state index contributed by atoms with van der Waals surface area (Å²) in [6, 6.07) is 7.62. The van der Waals surface area contributed by atoms with Gasteiger partial charge in [0.15, 0.2) is 0 Å². The topological polar surface area (TPSA) is 39.9 Å². The Bertz CT molecular complexity index is 366. The molecule has 0 bridgehead atoms. The van der Waals surface area contributed by atoms with Crippen molar-refractivity contribution in [3.8, 4) is 11.4 Å². The van der Waals surface area contributed by atoms with Crippen LogP contribution in [0.5, 0.6) is 5.75 Å². The highest BCUT2D eigenvalue weighted by atomic mass is 16.5. The molecule has 0 saturated heterocycles. The zero-order valence-corrected chi connectivity index (χ0v) is 7.21. The lowest BCUT2D eigenvalue weighted by Crippen LogP contribution is -1.94. The van der Waals surface area contributed by atoms with Crippen molar-refractivity contribution in [3.05, 3.63) is 36.7 Å². The van der Waals surface area contributed by atoms with Gasteiger partial charge in [-0.15, -0.1) is 5.10 Å². The molecular weight excluding hydrogens is 166 g/mol. The maximum absolute atomic E-state index is 5.04. The monoisotopic (exact) mass is 175 g/mol. The van der Waals surface area contributed by atoms with Gasteiger partial charge in [0.1, 0.15) is 5.75 Å². The van der Waals surface area contributed by atoms with Crippen molar-refractivity contribution in [2.45, 2.75) is 0 Å². The molecule has 2 aromatic rings. The van der Waals surface area contributed by atoms with Gasteiger partial charge in [-0.25, -0.2) is 4.68 Å². The van der Waals surface area contributed by atoms with E-state index < -0.39 is 0 Å². The Morgan fingerprint density at radius 3 is 2.54 bits per heavy atom. The van der Waals surface area contributed by atoms with Crippen LogP contribution in [-0.2, 0) is 0 Å². The van der Waals surface area contributed by atoms with E-state index >= 15 is 0 Å². The molecule has 13 heavy (non-hydrogen) atoms. The third kappa shape index (κ3) is 1.51. The van der Waals surface area contributed by atoms with Gasteiger partial charge in [-0.2, -0.15) is 0 Å². The third-order valence-corrected chi connectivity index (χ3v) is 1.76. The van der Waals surface area contributed by atoms with Gasteiger partial charge in [0.05, 0.1) is 25.2 Å². The standard InChI is InChI=1S/C9H9N3O/c1-13-9-4-2-8(3-5-9)12-7-6-10-11-12/h2-7H,1H3. The van der Waals surface area contributed by atoms with Crippen LogP contribution < -0.4 is 4.74 Å². The summed E-state index contributed by atoms with van der Waals surface area (Å²) in [7, 11) is 1.64. The molecule has 0 aliphatic heterocycles. The number of hydrogen-bond donors (Lipinski definition) is 0. The molecule has 0 spiro atoms. The van der Waals surface area contributed by atoms with E-state index in [0.717, 1.165) is 11.4 Å². The minimum atomic E-state index is 0.837. The molecule has 1 aromatic heterocycles. The molecule has 0 atom stereocenters. The fourth-order valence-corrected chi connectivity index (χ4v) is 1.08. The van der Waals surface area contributed by atoms with Crippen molar-refractivity contribution in [1.82, 2.24) is 15.0 Å². The van der Waals surface area contributed by atoms with Gasteiger partial charge < -0.3 is 4.74 Å². The lowest BCUT2D eigenvalue weighted by Gasteiger charge is -2.01. The van der Waals surface area contributed by atoms with E-state index in [2.05, 4.69) is 10.3 Å². The average molecular weight is 175 g/mol. The van der Waals surface area contributed by atoms with Crippen LogP contribution >= 0.6 is 0 Å². The summed E-state index contributed by atoms with van der Waals surface area (Å²) >= 11 is 0. The highest BCUT2D eigenvalue weighted by molar-refractivity contribution is 5.36. The smallest absolute Gasteiger partial charge is 0.119 e. The van der Waals surface area contributed by atoms with Crippen LogP contribution in [0.15, 0.2) is 36.7 Å². The summed E-state index contributed by atoms with van der Waals surface area (Å²) in [5, 5.41) is 7.59. The van der Waals surface area contributed by atoms with Crippen LogP contribution in [0.1, 0.15) is 0 Å². The van der Waals surface area contributed by atoms with Gasteiger partial charge in [-0.3, -0.25) is 0 Å². The Morgan fingerprint density at radius 1 is 1.23 bits per heavy atom. The fraction of sp³-hybridized carbons (Fsp3) is 0.111. The van der Waals surface area contributed by atoms with E-state index in [1.807, 2.05) is 24.3 Å². The van der Waals surface area contributed by atoms with Crippen molar-refractivity contribution in [1.29, 1.82) is 0 Å². The Balaban J connectivity index is 2.33. The number of benzene rings is 1. The summed E-state index contributed by atoms with van der Waals surface area (Å²) in [6.07, 6.45) is 3.44.